The van der Waals surface area contributed by atoms with Crippen LogP contribution in [-0.4, -0.2) is 44.8 Å². The minimum absolute atomic E-state index is 0.149. The molecule has 0 aliphatic carbocycles. The number of furan rings is 1. The van der Waals surface area contributed by atoms with Crippen molar-refractivity contribution in [3.63, 3.8) is 0 Å². The molecule has 5 aromatic rings. The topological polar surface area (TPSA) is 154 Å². The van der Waals surface area contributed by atoms with E-state index in [0.29, 0.717) is 39.3 Å². The average Bonchev–Trinajstić information content (AvgIpc) is 3.69. The minimum atomic E-state index is -1.26. The average molecular weight is 635 g/mol. The number of aromatic carboxylic acids is 2. The standard InChI is InChI=1S/C34H26N4O7S/c39-29(19-44-25-6-2-1-3-7-25)36-23-9-11-24(12-10-23)38-31(30(37-34(38)46)26-8-4-5-15-35-26)28-14-13-27(45-28)20-16-21(32(40)41)18-22(17-20)33(42)43/h1-18,30-31H,19H2,(H,36,39)(H,37,46)(H,40,41)(H,42,43)/t30-,31-/m1/s1. The highest BCUT2D eigenvalue weighted by atomic mass is 32.1. The summed E-state index contributed by atoms with van der Waals surface area (Å²) in [6, 6.07) is 28.0. The molecule has 11 nitrogen and oxygen atoms in total. The fraction of sp³-hybridized carbons (Fsp3) is 0.0882. The summed E-state index contributed by atoms with van der Waals surface area (Å²) >= 11 is 5.78. The third-order valence-corrected chi connectivity index (χ3v) is 7.58. The van der Waals surface area contributed by atoms with Crippen molar-refractivity contribution in [2.45, 2.75) is 12.1 Å². The van der Waals surface area contributed by atoms with Crippen molar-refractivity contribution in [2.75, 3.05) is 16.8 Å². The number of thiocarbonyl (C=S) groups is 1. The van der Waals surface area contributed by atoms with E-state index in [2.05, 4.69) is 15.6 Å². The van der Waals surface area contributed by atoms with E-state index in [9.17, 15) is 24.6 Å². The number of hydrogen-bond acceptors (Lipinski definition) is 7. The van der Waals surface area contributed by atoms with Gasteiger partial charge in [-0.3, -0.25) is 9.78 Å². The van der Waals surface area contributed by atoms with E-state index in [1.807, 2.05) is 53.4 Å². The highest BCUT2D eigenvalue weighted by Gasteiger charge is 2.42. The van der Waals surface area contributed by atoms with Gasteiger partial charge in [0.2, 0.25) is 0 Å². The lowest BCUT2D eigenvalue weighted by Gasteiger charge is -2.26. The molecule has 1 amide bonds. The number of amides is 1. The molecule has 1 fully saturated rings. The van der Waals surface area contributed by atoms with Crippen LogP contribution in [0.3, 0.4) is 0 Å². The number of carboxylic acids is 2. The molecule has 0 radical (unpaired) electrons. The second kappa shape index (κ2) is 12.9. The normalized spacial score (nSPS) is 15.7. The molecule has 4 N–H and O–H groups in total. The maximum Gasteiger partial charge on any atom is 0.335 e. The van der Waals surface area contributed by atoms with Gasteiger partial charge < -0.3 is 34.9 Å². The fourth-order valence-electron chi connectivity index (χ4n) is 5.17. The monoisotopic (exact) mass is 634 g/mol. The first-order valence-electron chi connectivity index (χ1n) is 14.1. The number of nitrogens with zero attached hydrogens (tertiary/aromatic N) is 2. The van der Waals surface area contributed by atoms with Crippen molar-refractivity contribution >= 4 is 46.6 Å². The first-order valence-corrected chi connectivity index (χ1v) is 14.5. The summed E-state index contributed by atoms with van der Waals surface area (Å²) < 4.78 is 11.8. The number of nitrogens with one attached hydrogen (secondary N) is 2. The van der Waals surface area contributed by atoms with Gasteiger partial charge in [0.1, 0.15) is 23.3 Å². The summed E-state index contributed by atoms with van der Waals surface area (Å²) in [7, 11) is 0. The number of carboxylic acid groups (broad SMARTS) is 2. The van der Waals surface area contributed by atoms with Crippen LogP contribution < -0.4 is 20.3 Å². The molecule has 12 heteroatoms. The summed E-state index contributed by atoms with van der Waals surface area (Å²) in [5.74, 6) is -1.48. The van der Waals surface area contributed by atoms with Crippen molar-refractivity contribution in [1.82, 2.24) is 10.3 Å². The highest BCUT2D eigenvalue weighted by Crippen LogP contribution is 2.43. The number of carbonyl (C=O) groups is 3. The minimum Gasteiger partial charge on any atom is -0.484 e. The number of anilines is 2. The Morgan fingerprint density at radius 1 is 0.891 bits per heavy atom. The van der Waals surface area contributed by atoms with Crippen molar-refractivity contribution < 1.29 is 33.8 Å². The molecule has 0 saturated carbocycles. The summed E-state index contributed by atoms with van der Waals surface area (Å²) in [5.41, 5.74) is 1.92. The molecule has 0 unspecified atom stereocenters. The van der Waals surface area contributed by atoms with E-state index >= 15 is 0 Å². The summed E-state index contributed by atoms with van der Waals surface area (Å²) in [6.07, 6.45) is 1.68. The summed E-state index contributed by atoms with van der Waals surface area (Å²) in [5, 5.41) is 25.7. The Morgan fingerprint density at radius 3 is 2.24 bits per heavy atom. The Morgan fingerprint density at radius 2 is 1.59 bits per heavy atom. The lowest BCUT2D eigenvalue weighted by Crippen LogP contribution is -2.29. The maximum atomic E-state index is 12.5. The van der Waals surface area contributed by atoms with Crippen LogP contribution in [0.2, 0.25) is 0 Å². The lowest BCUT2D eigenvalue weighted by molar-refractivity contribution is -0.118. The van der Waals surface area contributed by atoms with Crippen molar-refractivity contribution in [3.05, 3.63) is 132 Å². The van der Waals surface area contributed by atoms with Crippen LogP contribution in [0, 0.1) is 0 Å². The highest BCUT2D eigenvalue weighted by molar-refractivity contribution is 7.80. The van der Waals surface area contributed by atoms with E-state index in [0.717, 1.165) is 6.07 Å². The Balaban J connectivity index is 1.29. The summed E-state index contributed by atoms with van der Waals surface area (Å²) in [4.78, 5) is 42.3. The Hall–Kier alpha value is -6.01. The van der Waals surface area contributed by atoms with Crippen molar-refractivity contribution in [1.29, 1.82) is 0 Å². The predicted octanol–water partition coefficient (Wildman–Crippen LogP) is 5.93. The van der Waals surface area contributed by atoms with Gasteiger partial charge in [-0.05, 0) is 91.1 Å². The fourth-order valence-corrected chi connectivity index (χ4v) is 5.52. The molecule has 1 saturated heterocycles. The largest absolute Gasteiger partial charge is 0.484 e. The molecule has 0 spiro atoms. The zero-order valence-corrected chi connectivity index (χ0v) is 24.8. The molecule has 6 rings (SSSR count). The van der Waals surface area contributed by atoms with Crippen LogP contribution in [0.4, 0.5) is 11.4 Å². The van der Waals surface area contributed by atoms with E-state index < -0.39 is 24.0 Å². The summed E-state index contributed by atoms with van der Waals surface area (Å²) in [6.45, 7) is -0.149. The van der Waals surface area contributed by atoms with Crippen LogP contribution in [0.5, 0.6) is 5.75 Å². The van der Waals surface area contributed by atoms with Gasteiger partial charge in [-0.25, -0.2) is 9.59 Å². The van der Waals surface area contributed by atoms with E-state index in [1.54, 1.807) is 42.6 Å². The van der Waals surface area contributed by atoms with Crippen LogP contribution in [0.15, 0.2) is 114 Å². The number of carbonyl (C=O) groups excluding carboxylic acids is 1. The quantitative estimate of drug-likeness (QED) is 0.135. The maximum absolute atomic E-state index is 12.5. The SMILES string of the molecule is O=C(COc1ccccc1)Nc1ccc(N2C(=S)N[C@H](c3ccccn3)[C@H]2c2ccc(-c3cc(C(=O)O)cc(C(=O)O)c3)o2)cc1. The number of aromatic nitrogens is 1. The molecular weight excluding hydrogens is 608 g/mol. The number of hydrogen-bond donors (Lipinski definition) is 4. The molecule has 0 bridgehead atoms. The zero-order chi connectivity index (χ0) is 32.2. The van der Waals surface area contributed by atoms with Gasteiger partial charge in [0.25, 0.3) is 5.91 Å². The molecule has 46 heavy (non-hydrogen) atoms. The van der Waals surface area contributed by atoms with Gasteiger partial charge in [0.05, 0.1) is 22.9 Å². The second-order valence-corrected chi connectivity index (χ2v) is 10.7. The zero-order valence-electron chi connectivity index (χ0n) is 24.0. The lowest BCUT2D eigenvalue weighted by atomic mass is 10.0. The first kappa shape index (κ1) is 30.0. The molecule has 230 valence electrons. The Kier molecular flexibility index (Phi) is 8.44. The van der Waals surface area contributed by atoms with E-state index in [4.69, 9.17) is 21.4 Å². The van der Waals surface area contributed by atoms with Crippen molar-refractivity contribution in [2.24, 2.45) is 0 Å². The third-order valence-electron chi connectivity index (χ3n) is 7.27. The van der Waals surface area contributed by atoms with Gasteiger partial charge in [-0.1, -0.05) is 24.3 Å². The third kappa shape index (κ3) is 6.42. The second-order valence-electron chi connectivity index (χ2n) is 10.3. The van der Waals surface area contributed by atoms with Crippen LogP contribution in [0.25, 0.3) is 11.3 Å². The number of benzene rings is 3. The predicted molar refractivity (Wildman–Crippen MR) is 173 cm³/mol. The number of pyridine rings is 1. The Labute approximate surface area is 268 Å². The number of rotatable bonds is 10. The smallest absolute Gasteiger partial charge is 0.335 e. The molecule has 3 aromatic carbocycles. The molecule has 1 aliphatic rings. The molecule has 1 aliphatic heterocycles. The molecule has 3 heterocycles. The van der Waals surface area contributed by atoms with Crippen LogP contribution in [0.1, 0.15) is 44.3 Å². The van der Waals surface area contributed by atoms with Gasteiger partial charge in [0, 0.05) is 23.1 Å². The van der Waals surface area contributed by atoms with Gasteiger partial charge in [-0.15, -0.1) is 0 Å². The Bertz CT molecular complexity index is 1880. The first-order chi connectivity index (χ1) is 22.3. The van der Waals surface area contributed by atoms with Crippen molar-refractivity contribution in [3.8, 4) is 17.1 Å². The van der Waals surface area contributed by atoms with Gasteiger partial charge >= 0.3 is 11.9 Å². The molecule has 2 aromatic heterocycles. The number of para-hydroxylation sites is 1. The van der Waals surface area contributed by atoms with E-state index in [1.165, 1.54) is 12.1 Å². The number of ether oxygens (including phenoxy) is 1. The van der Waals surface area contributed by atoms with Gasteiger partial charge in [0.15, 0.2) is 11.7 Å². The van der Waals surface area contributed by atoms with E-state index in [-0.39, 0.29) is 29.4 Å². The molecule has 2 atom stereocenters. The molecular formula is C34H26N4O7S. The van der Waals surface area contributed by atoms with Crippen LogP contribution in [-0.2, 0) is 4.79 Å². The van der Waals surface area contributed by atoms with Crippen LogP contribution >= 0.6 is 12.2 Å². The van der Waals surface area contributed by atoms with Gasteiger partial charge in [-0.2, -0.15) is 0 Å².